The van der Waals surface area contributed by atoms with Gasteiger partial charge in [-0.05, 0) is 6.42 Å². The number of rotatable bonds is 21. The summed E-state index contributed by atoms with van der Waals surface area (Å²) < 4.78 is 48.0. The molecule has 0 bridgehead atoms. The maximum atomic E-state index is 11.7. The number of hydrogen-bond donors (Lipinski definition) is 0. The number of sulfone groups is 1. The van der Waals surface area contributed by atoms with Crippen LogP contribution in [0.4, 0.5) is 0 Å². The molecule has 0 rings (SSSR count). The van der Waals surface area contributed by atoms with Crippen LogP contribution in [0.3, 0.4) is 0 Å². The molecule has 0 fully saturated rings. The highest BCUT2D eigenvalue weighted by atomic mass is 32.2. The van der Waals surface area contributed by atoms with Gasteiger partial charge in [0.05, 0.1) is 29.5 Å². The third-order valence-corrected chi connectivity index (χ3v) is 6.94. The van der Waals surface area contributed by atoms with Crippen LogP contribution >= 0.6 is 0 Å². The average molecular weight is 426 g/mol. The summed E-state index contributed by atoms with van der Waals surface area (Å²) in [5.74, 6) is -0.0972. The summed E-state index contributed by atoms with van der Waals surface area (Å²) in [6, 6.07) is 0. The fourth-order valence-electron chi connectivity index (χ4n) is 3.20. The van der Waals surface area contributed by atoms with Crippen molar-refractivity contribution in [2.45, 2.75) is 110 Å². The fourth-order valence-corrected chi connectivity index (χ4v) is 4.71. The van der Waals surface area contributed by atoms with Crippen molar-refractivity contribution in [3.8, 4) is 0 Å². The van der Waals surface area contributed by atoms with Crippen molar-refractivity contribution < 1.29 is 21.4 Å². The molecule has 27 heavy (non-hydrogen) atoms. The average Bonchev–Trinajstić information content (AvgIpc) is 2.60. The van der Waals surface area contributed by atoms with Crippen LogP contribution in [0.15, 0.2) is 0 Å². The molecule has 1 atom stereocenters. The monoisotopic (exact) mass is 425 g/mol. The normalized spacial score (nSPS) is 13.1. The third kappa shape index (κ3) is 22.2. The van der Waals surface area contributed by atoms with Crippen LogP contribution in [0.2, 0.25) is 0 Å². The first-order chi connectivity index (χ1) is 13.0. The smallest absolute Gasteiger partial charge is 0.152 e. The predicted molar refractivity (Wildman–Crippen MR) is 113 cm³/mol. The van der Waals surface area contributed by atoms with Gasteiger partial charge >= 0.3 is 0 Å². The molecule has 0 aromatic rings. The Morgan fingerprint density at radius 3 is 1.41 bits per heavy atom. The second-order valence-corrected chi connectivity index (χ2v) is 10.4. The van der Waals surface area contributed by atoms with Gasteiger partial charge in [0.25, 0.3) is 0 Å². The zero-order valence-electron chi connectivity index (χ0n) is 17.3. The summed E-state index contributed by atoms with van der Waals surface area (Å²) >= 11 is -2.63. The quantitative estimate of drug-likeness (QED) is 0.180. The SMILES string of the molecule is CCCCCCCCCCCCCCCCCCS(=O)(=O)CCOS(=O)[O-]. The van der Waals surface area contributed by atoms with E-state index >= 15 is 0 Å². The van der Waals surface area contributed by atoms with E-state index in [4.69, 9.17) is 0 Å². The van der Waals surface area contributed by atoms with Crippen molar-refractivity contribution in [2.75, 3.05) is 18.1 Å². The number of hydrogen-bond acceptors (Lipinski definition) is 5. The molecule has 164 valence electrons. The standard InChI is InChI=1S/C20H42O5S2/c1-2-3-4-5-6-7-8-9-10-11-12-13-14-15-16-17-19-27(23,24)20-18-25-26(21)22/h2-20H2,1H3,(H,21,22)/p-1. The maximum Gasteiger partial charge on any atom is 0.152 e. The van der Waals surface area contributed by atoms with Crippen LogP contribution in [-0.2, 0) is 25.4 Å². The molecule has 5 nitrogen and oxygen atoms in total. The molecule has 1 unspecified atom stereocenters. The van der Waals surface area contributed by atoms with Crippen molar-refractivity contribution in [3.63, 3.8) is 0 Å². The van der Waals surface area contributed by atoms with Crippen LogP contribution in [-0.4, -0.2) is 35.3 Å². The molecule has 0 saturated heterocycles. The lowest BCUT2D eigenvalue weighted by molar-refractivity contribution is 0.318. The zero-order chi connectivity index (χ0) is 20.2. The summed E-state index contributed by atoms with van der Waals surface area (Å²) in [6.07, 6.45) is 20.1. The molecule has 0 aromatic carbocycles. The fraction of sp³-hybridized carbons (Fsp3) is 1.00. The molecule has 0 N–H and O–H groups in total. The van der Waals surface area contributed by atoms with E-state index in [1.165, 1.54) is 83.5 Å². The van der Waals surface area contributed by atoms with Crippen molar-refractivity contribution in [1.29, 1.82) is 0 Å². The molecule has 7 heteroatoms. The second kappa shape index (κ2) is 19.3. The van der Waals surface area contributed by atoms with E-state index in [-0.39, 0.29) is 18.1 Å². The zero-order valence-corrected chi connectivity index (χ0v) is 18.9. The van der Waals surface area contributed by atoms with Crippen LogP contribution in [0, 0.1) is 0 Å². The van der Waals surface area contributed by atoms with Crippen LogP contribution < -0.4 is 0 Å². The van der Waals surface area contributed by atoms with Gasteiger partial charge in [-0.3, -0.25) is 4.18 Å². The molecule has 0 spiro atoms. The second-order valence-electron chi connectivity index (χ2n) is 7.48. The Bertz CT molecular complexity index is 438. The first-order valence-corrected chi connectivity index (χ1v) is 13.7. The number of unbranched alkanes of at least 4 members (excludes halogenated alkanes) is 15. The first-order valence-electron chi connectivity index (χ1n) is 10.9. The van der Waals surface area contributed by atoms with E-state index < -0.39 is 21.2 Å². The lowest BCUT2D eigenvalue weighted by Gasteiger charge is -2.07. The topological polar surface area (TPSA) is 83.5 Å². The van der Waals surface area contributed by atoms with Gasteiger partial charge < -0.3 is 4.55 Å². The van der Waals surface area contributed by atoms with Gasteiger partial charge in [-0.15, -0.1) is 0 Å². The molecule has 0 saturated carbocycles. The van der Waals surface area contributed by atoms with Crippen molar-refractivity contribution >= 4 is 21.2 Å². The van der Waals surface area contributed by atoms with E-state index in [0.717, 1.165) is 12.8 Å². The highest BCUT2D eigenvalue weighted by Crippen LogP contribution is 2.14. The molecule has 0 aliphatic heterocycles. The summed E-state index contributed by atoms with van der Waals surface area (Å²) in [7, 11) is -3.19. The molecular weight excluding hydrogens is 384 g/mol. The minimum atomic E-state index is -3.19. The van der Waals surface area contributed by atoms with Crippen LogP contribution in [0.1, 0.15) is 110 Å². The van der Waals surface area contributed by atoms with Gasteiger partial charge in [-0.25, -0.2) is 12.6 Å². The Labute approximate surface area is 170 Å². The Balaban J connectivity index is 3.25. The van der Waals surface area contributed by atoms with Crippen molar-refractivity contribution in [1.82, 2.24) is 0 Å². The maximum absolute atomic E-state index is 11.7. The highest BCUT2D eigenvalue weighted by molar-refractivity contribution is 7.91. The Morgan fingerprint density at radius 1 is 0.667 bits per heavy atom. The van der Waals surface area contributed by atoms with Crippen molar-refractivity contribution in [3.05, 3.63) is 0 Å². The van der Waals surface area contributed by atoms with E-state index in [1.807, 2.05) is 0 Å². The summed E-state index contributed by atoms with van der Waals surface area (Å²) in [5.41, 5.74) is 0. The van der Waals surface area contributed by atoms with Gasteiger partial charge in [0.1, 0.15) is 0 Å². The van der Waals surface area contributed by atoms with E-state index in [1.54, 1.807) is 0 Å². The van der Waals surface area contributed by atoms with Gasteiger partial charge in [-0.2, -0.15) is 0 Å². The summed E-state index contributed by atoms with van der Waals surface area (Å²) in [6.45, 7) is 1.98. The van der Waals surface area contributed by atoms with Gasteiger partial charge in [0, 0.05) is 0 Å². The largest absolute Gasteiger partial charge is 0.750 e. The van der Waals surface area contributed by atoms with Crippen molar-refractivity contribution in [2.24, 2.45) is 0 Å². The minimum Gasteiger partial charge on any atom is -0.750 e. The molecule has 0 heterocycles. The van der Waals surface area contributed by atoms with Gasteiger partial charge in [0.15, 0.2) is 9.84 Å². The van der Waals surface area contributed by atoms with E-state index in [0.29, 0.717) is 6.42 Å². The van der Waals surface area contributed by atoms with Gasteiger partial charge in [0.2, 0.25) is 0 Å². The first kappa shape index (κ1) is 27.0. The lowest BCUT2D eigenvalue weighted by Crippen LogP contribution is -2.16. The Hall–Kier alpha value is 0.0200. The van der Waals surface area contributed by atoms with E-state index in [9.17, 15) is 17.2 Å². The minimum absolute atomic E-state index is 0.125. The molecule has 0 aromatic heterocycles. The summed E-state index contributed by atoms with van der Waals surface area (Å²) in [5, 5.41) is 0. The molecule has 0 aliphatic carbocycles. The third-order valence-electron chi connectivity index (χ3n) is 4.88. The summed E-state index contributed by atoms with van der Waals surface area (Å²) in [4.78, 5) is 0. The molecule has 0 amide bonds. The Morgan fingerprint density at radius 2 is 1.04 bits per heavy atom. The van der Waals surface area contributed by atoms with E-state index in [2.05, 4.69) is 11.1 Å². The molecule has 0 radical (unpaired) electrons. The Kier molecular flexibility index (Phi) is 19.4. The predicted octanol–water partition coefficient (Wildman–Crippen LogP) is 5.47. The van der Waals surface area contributed by atoms with Crippen LogP contribution in [0.25, 0.3) is 0 Å². The lowest BCUT2D eigenvalue weighted by atomic mass is 10.0. The van der Waals surface area contributed by atoms with Crippen LogP contribution in [0.5, 0.6) is 0 Å². The molecular formula is C20H41O5S2-. The van der Waals surface area contributed by atoms with Gasteiger partial charge in [-0.1, -0.05) is 103 Å². The molecule has 0 aliphatic rings. The highest BCUT2D eigenvalue weighted by Gasteiger charge is 2.10.